The number of nitrogens with zero attached hydrogens (tertiary/aromatic N) is 1. The number of nitrogens with one attached hydrogen (secondary N) is 2. The van der Waals surface area contributed by atoms with Crippen LogP contribution in [-0.2, 0) is 23.9 Å². The Morgan fingerprint density at radius 3 is 2.29 bits per heavy atom. The lowest BCUT2D eigenvalue weighted by Gasteiger charge is -2.08. The number of hydrogen-bond acceptors (Lipinski definition) is 8. The summed E-state index contributed by atoms with van der Waals surface area (Å²) in [4.78, 5) is 57.6. The third-order valence-corrected chi connectivity index (χ3v) is 4.33. The second-order valence-electron chi connectivity index (χ2n) is 7.13. The Morgan fingerprint density at radius 2 is 1.62 bits per heavy atom. The van der Waals surface area contributed by atoms with E-state index in [2.05, 4.69) is 10.6 Å². The molecular weight excluding hydrogens is 446 g/mol. The minimum Gasteiger partial charge on any atom is -0.462 e. The van der Waals surface area contributed by atoms with Crippen molar-refractivity contribution in [2.45, 2.75) is 32.6 Å². The summed E-state index contributed by atoms with van der Waals surface area (Å²) in [6.07, 6.45) is 0.810. The molecule has 0 aromatic heterocycles. The molecular formula is C23H25N3O8. The Hall–Kier alpha value is -4.28. The van der Waals surface area contributed by atoms with Crippen molar-refractivity contribution < 1.29 is 33.6 Å². The van der Waals surface area contributed by atoms with Crippen molar-refractivity contribution in [3.05, 3.63) is 64.2 Å². The molecule has 2 N–H and O–H groups in total. The van der Waals surface area contributed by atoms with Gasteiger partial charge in [-0.1, -0.05) is 13.0 Å². The molecule has 0 fully saturated rings. The minimum atomic E-state index is -0.646. The average Bonchev–Trinajstić information content (AvgIpc) is 2.81. The second kappa shape index (κ2) is 13.3. The highest BCUT2D eigenvalue weighted by molar-refractivity contribution is 5.94. The highest BCUT2D eigenvalue weighted by Crippen LogP contribution is 2.17. The molecule has 0 atom stereocenters. The Labute approximate surface area is 195 Å². The average molecular weight is 471 g/mol. The summed E-state index contributed by atoms with van der Waals surface area (Å²) in [5, 5.41) is 15.8. The summed E-state index contributed by atoms with van der Waals surface area (Å²) >= 11 is 0. The molecule has 0 radical (unpaired) electrons. The van der Waals surface area contributed by atoms with Gasteiger partial charge in [-0.05, 0) is 43.2 Å². The van der Waals surface area contributed by atoms with Crippen LogP contribution in [0.25, 0.3) is 0 Å². The summed E-state index contributed by atoms with van der Waals surface area (Å²) in [7, 11) is 0. The molecule has 180 valence electrons. The van der Waals surface area contributed by atoms with Gasteiger partial charge in [-0.2, -0.15) is 0 Å². The van der Waals surface area contributed by atoms with Crippen molar-refractivity contribution in [3.8, 4) is 0 Å². The van der Waals surface area contributed by atoms with Crippen LogP contribution in [0.5, 0.6) is 0 Å². The van der Waals surface area contributed by atoms with Gasteiger partial charge in [0.1, 0.15) is 0 Å². The van der Waals surface area contributed by atoms with Gasteiger partial charge in [0, 0.05) is 36.3 Å². The Balaban J connectivity index is 1.66. The van der Waals surface area contributed by atoms with Crippen molar-refractivity contribution >= 4 is 40.8 Å². The smallest absolute Gasteiger partial charge is 0.338 e. The molecule has 11 nitrogen and oxygen atoms in total. The molecule has 2 amide bonds. The number of non-ortho nitro benzene ring substituents is 1. The number of benzene rings is 2. The molecule has 0 heterocycles. The van der Waals surface area contributed by atoms with Gasteiger partial charge in [-0.25, -0.2) is 4.79 Å². The standard InChI is InChI=1S/C23H25N3O8/c1-2-13-33-23(30)16-9-11-17(12-10-16)24-21(28)15-34-22(29)8-4-7-20(27)25-18-5-3-6-19(14-18)26(31)32/h3,5-6,9-12,14H,2,4,7-8,13,15H2,1H3,(H,24,28)(H,25,27). The number of nitro benzene ring substituents is 1. The summed E-state index contributed by atoms with van der Waals surface area (Å²) in [6.45, 7) is 1.71. The van der Waals surface area contributed by atoms with Crippen LogP contribution in [0.2, 0.25) is 0 Å². The topological polar surface area (TPSA) is 154 Å². The van der Waals surface area contributed by atoms with Crippen LogP contribution in [-0.4, -0.2) is 41.9 Å². The highest BCUT2D eigenvalue weighted by atomic mass is 16.6. The SMILES string of the molecule is CCCOC(=O)c1ccc(NC(=O)COC(=O)CCCC(=O)Nc2cccc([N+](=O)[O-])c2)cc1. The van der Waals surface area contributed by atoms with Crippen LogP contribution >= 0.6 is 0 Å². The molecule has 0 unspecified atom stereocenters. The Kier molecular flexibility index (Phi) is 10.2. The largest absolute Gasteiger partial charge is 0.462 e. The van der Waals surface area contributed by atoms with Gasteiger partial charge in [0.25, 0.3) is 11.6 Å². The fraction of sp³-hybridized carbons (Fsp3) is 0.304. The van der Waals surface area contributed by atoms with Crippen LogP contribution in [0.1, 0.15) is 43.0 Å². The van der Waals surface area contributed by atoms with E-state index in [4.69, 9.17) is 9.47 Å². The third kappa shape index (κ3) is 9.07. The van der Waals surface area contributed by atoms with E-state index in [1.165, 1.54) is 48.5 Å². The molecule has 2 rings (SSSR count). The van der Waals surface area contributed by atoms with Crippen molar-refractivity contribution in [2.75, 3.05) is 23.8 Å². The van der Waals surface area contributed by atoms with E-state index in [-0.39, 0.29) is 30.6 Å². The fourth-order valence-electron chi connectivity index (χ4n) is 2.70. The van der Waals surface area contributed by atoms with Crippen molar-refractivity contribution in [3.63, 3.8) is 0 Å². The summed E-state index contributed by atoms with van der Waals surface area (Å²) < 4.78 is 9.91. The Morgan fingerprint density at radius 1 is 0.912 bits per heavy atom. The van der Waals surface area contributed by atoms with Crippen molar-refractivity contribution in [1.29, 1.82) is 0 Å². The monoisotopic (exact) mass is 471 g/mol. The maximum atomic E-state index is 11.9. The van der Waals surface area contributed by atoms with E-state index >= 15 is 0 Å². The molecule has 2 aromatic rings. The minimum absolute atomic E-state index is 0.00295. The molecule has 0 aliphatic heterocycles. The summed E-state index contributed by atoms with van der Waals surface area (Å²) in [5.74, 6) is -2.06. The lowest BCUT2D eigenvalue weighted by atomic mass is 10.2. The second-order valence-corrected chi connectivity index (χ2v) is 7.13. The van der Waals surface area contributed by atoms with Gasteiger partial charge in [-0.15, -0.1) is 0 Å². The lowest BCUT2D eigenvalue weighted by molar-refractivity contribution is -0.384. The molecule has 0 spiro atoms. The first-order chi connectivity index (χ1) is 16.3. The quantitative estimate of drug-likeness (QED) is 0.271. The number of anilines is 2. The number of hydrogen-bond donors (Lipinski definition) is 2. The number of rotatable bonds is 12. The van der Waals surface area contributed by atoms with E-state index in [0.29, 0.717) is 24.3 Å². The zero-order chi connectivity index (χ0) is 24.9. The van der Waals surface area contributed by atoms with Crippen molar-refractivity contribution in [1.82, 2.24) is 0 Å². The normalized spacial score (nSPS) is 10.1. The molecule has 34 heavy (non-hydrogen) atoms. The van der Waals surface area contributed by atoms with E-state index in [1.54, 1.807) is 0 Å². The molecule has 11 heteroatoms. The van der Waals surface area contributed by atoms with Gasteiger partial charge in [0.15, 0.2) is 6.61 Å². The van der Waals surface area contributed by atoms with Gasteiger partial charge in [0.05, 0.1) is 17.1 Å². The molecule has 2 aromatic carbocycles. The van der Waals surface area contributed by atoms with E-state index in [0.717, 1.165) is 0 Å². The first-order valence-corrected chi connectivity index (χ1v) is 10.6. The van der Waals surface area contributed by atoms with Crippen LogP contribution in [0.4, 0.5) is 17.1 Å². The molecule has 0 aliphatic carbocycles. The molecule has 0 saturated heterocycles. The van der Waals surface area contributed by atoms with Crippen LogP contribution in [0.3, 0.4) is 0 Å². The maximum absolute atomic E-state index is 11.9. The molecule has 0 bridgehead atoms. The number of carbonyl (C=O) groups excluding carboxylic acids is 4. The third-order valence-electron chi connectivity index (χ3n) is 4.33. The van der Waals surface area contributed by atoms with Gasteiger partial charge < -0.3 is 20.1 Å². The Bertz CT molecular complexity index is 1040. The zero-order valence-corrected chi connectivity index (χ0v) is 18.6. The molecule has 0 aliphatic rings. The van der Waals surface area contributed by atoms with Gasteiger partial charge in [-0.3, -0.25) is 24.5 Å². The fourth-order valence-corrected chi connectivity index (χ4v) is 2.70. The zero-order valence-electron chi connectivity index (χ0n) is 18.6. The number of esters is 2. The van der Waals surface area contributed by atoms with Crippen LogP contribution < -0.4 is 10.6 Å². The number of amides is 2. The summed E-state index contributed by atoms with van der Waals surface area (Å²) in [6, 6.07) is 11.6. The summed E-state index contributed by atoms with van der Waals surface area (Å²) in [5.41, 5.74) is 0.910. The highest BCUT2D eigenvalue weighted by Gasteiger charge is 2.12. The maximum Gasteiger partial charge on any atom is 0.338 e. The van der Waals surface area contributed by atoms with E-state index < -0.39 is 35.3 Å². The van der Waals surface area contributed by atoms with E-state index in [9.17, 15) is 29.3 Å². The first-order valence-electron chi connectivity index (χ1n) is 10.6. The predicted octanol–water partition coefficient (Wildman–Crippen LogP) is 3.45. The number of carbonyl (C=O) groups is 4. The number of ether oxygens (including phenoxy) is 2. The van der Waals surface area contributed by atoms with E-state index in [1.807, 2.05) is 6.92 Å². The molecule has 0 saturated carbocycles. The van der Waals surface area contributed by atoms with Crippen LogP contribution in [0, 0.1) is 10.1 Å². The van der Waals surface area contributed by atoms with Crippen LogP contribution in [0.15, 0.2) is 48.5 Å². The lowest BCUT2D eigenvalue weighted by Crippen LogP contribution is -2.21. The first kappa shape index (κ1) is 26.0. The van der Waals surface area contributed by atoms with Gasteiger partial charge >= 0.3 is 11.9 Å². The van der Waals surface area contributed by atoms with Crippen molar-refractivity contribution in [2.24, 2.45) is 0 Å². The number of nitro groups is 1. The predicted molar refractivity (Wildman–Crippen MR) is 122 cm³/mol. The van der Waals surface area contributed by atoms with Gasteiger partial charge in [0.2, 0.25) is 5.91 Å².